The predicted octanol–water partition coefficient (Wildman–Crippen LogP) is 2.20. The summed E-state index contributed by atoms with van der Waals surface area (Å²) in [5, 5.41) is 9.52. The maximum atomic E-state index is 11.7. The van der Waals surface area contributed by atoms with Crippen molar-refractivity contribution in [1.82, 2.24) is 4.90 Å². The minimum atomic E-state index is -0.589. The molecule has 0 bridgehead atoms. The van der Waals surface area contributed by atoms with Crippen molar-refractivity contribution < 1.29 is 14.6 Å². The largest absolute Gasteiger partial charge is 0.389 e. The molecular weight excluding hydrogens is 230 g/mol. The van der Waals surface area contributed by atoms with Crippen molar-refractivity contribution in [1.29, 1.82) is 0 Å². The van der Waals surface area contributed by atoms with E-state index in [1.54, 1.807) is 19.1 Å². The van der Waals surface area contributed by atoms with Gasteiger partial charge in [-0.25, -0.2) is 0 Å². The highest BCUT2D eigenvalue weighted by molar-refractivity contribution is 5.75. The molecule has 0 spiro atoms. The summed E-state index contributed by atoms with van der Waals surface area (Å²) >= 11 is 0. The first kappa shape index (κ1) is 17.4. The second-order valence-electron chi connectivity index (χ2n) is 4.90. The molecule has 0 aromatic heterocycles. The van der Waals surface area contributed by atoms with E-state index in [0.717, 1.165) is 12.8 Å². The van der Waals surface area contributed by atoms with Crippen LogP contribution in [0.3, 0.4) is 0 Å². The standard InChI is InChI=1S/C14H29NO3/c1-4-5-6-7-8-9-10-14(17)15(2)11-13(16)12-18-3/h13,16H,4-12H2,1-3H3. The van der Waals surface area contributed by atoms with Gasteiger partial charge in [0.2, 0.25) is 5.91 Å². The molecule has 0 aromatic carbocycles. The number of aliphatic hydroxyl groups is 1. The van der Waals surface area contributed by atoms with Crippen molar-refractivity contribution in [2.75, 3.05) is 27.3 Å². The summed E-state index contributed by atoms with van der Waals surface area (Å²) in [6.07, 6.45) is 7.10. The SMILES string of the molecule is CCCCCCCCC(=O)N(C)CC(O)COC. The van der Waals surface area contributed by atoms with Gasteiger partial charge in [-0.05, 0) is 6.42 Å². The average molecular weight is 259 g/mol. The molecular formula is C14H29NO3. The highest BCUT2D eigenvalue weighted by atomic mass is 16.5. The summed E-state index contributed by atoms with van der Waals surface area (Å²) in [5.41, 5.74) is 0. The van der Waals surface area contributed by atoms with Crippen molar-refractivity contribution in [3.05, 3.63) is 0 Å². The van der Waals surface area contributed by atoms with Crippen LogP contribution in [0.25, 0.3) is 0 Å². The first-order valence-electron chi connectivity index (χ1n) is 7.02. The Hall–Kier alpha value is -0.610. The van der Waals surface area contributed by atoms with E-state index in [4.69, 9.17) is 4.74 Å². The summed E-state index contributed by atoms with van der Waals surface area (Å²) in [7, 11) is 3.28. The third-order valence-corrected chi connectivity index (χ3v) is 3.01. The number of hydrogen-bond acceptors (Lipinski definition) is 3. The number of hydrogen-bond donors (Lipinski definition) is 1. The zero-order valence-electron chi connectivity index (χ0n) is 12.2. The van der Waals surface area contributed by atoms with Gasteiger partial charge in [0, 0.05) is 27.1 Å². The van der Waals surface area contributed by atoms with Gasteiger partial charge in [-0.3, -0.25) is 4.79 Å². The fraction of sp³-hybridized carbons (Fsp3) is 0.929. The number of amides is 1. The second-order valence-corrected chi connectivity index (χ2v) is 4.90. The maximum absolute atomic E-state index is 11.7. The fourth-order valence-electron chi connectivity index (χ4n) is 1.91. The van der Waals surface area contributed by atoms with Gasteiger partial charge in [0.05, 0.1) is 12.7 Å². The van der Waals surface area contributed by atoms with E-state index >= 15 is 0 Å². The summed E-state index contributed by atoms with van der Waals surface area (Å²) in [4.78, 5) is 13.3. The lowest BCUT2D eigenvalue weighted by Crippen LogP contribution is -2.36. The molecule has 1 atom stereocenters. The Morgan fingerprint density at radius 3 is 2.44 bits per heavy atom. The van der Waals surface area contributed by atoms with E-state index in [1.807, 2.05) is 0 Å². The minimum absolute atomic E-state index is 0.112. The van der Waals surface area contributed by atoms with Crippen molar-refractivity contribution in [2.45, 2.75) is 58.0 Å². The number of carbonyl (C=O) groups is 1. The molecule has 1 amide bonds. The van der Waals surface area contributed by atoms with E-state index in [2.05, 4.69) is 6.92 Å². The Morgan fingerprint density at radius 1 is 1.22 bits per heavy atom. The highest BCUT2D eigenvalue weighted by Crippen LogP contribution is 2.08. The molecule has 1 N–H and O–H groups in total. The van der Waals surface area contributed by atoms with Crippen LogP contribution < -0.4 is 0 Å². The summed E-state index contributed by atoms with van der Waals surface area (Å²) in [6.45, 7) is 2.82. The lowest BCUT2D eigenvalue weighted by molar-refractivity contribution is -0.131. The molecule has 0 aliphatic carbocycles. The quantitative estimate of drug-likeness (QED) is 0.579. The van der Waals surface area contributed by atoms with Crippen LogP contribution in [-0.2, 0) is 9.53 Å². The molecule has 0 radical (unpaired) electrons. The lowest BCUT2D eigenvalue weighted by Gasteiger charge is -2.20. The molecule has 0 saturated carbocycles. The third-order valence-electron chi connectivity index (χ3n) is 3.01. The Balaban J connectivity index is 3.55. The number of likely N-dealkylation sites (N-methyl/N-ethyl adjacent to an activating group) is 1. The van der Waals surface area contributed by atoms with E-state index in [1.165, 1.54) is 25.7 Å². The summed E-state index contributed by atoms with van der Waals surface area (Å²) < 4.78 is 4.83. The van der Waals surface area contributed by atoms with E-state index in [9.17, 15) is 9.90 Å². The maximum Gasteiger partial charge on any atom is 0.222 e. The molecule has 0 heterocycles. The molecule has 0 aliphatic heterocycles. The molecule has 4 nitrogen and oxygen atoms in total. The molecule has 0 rings (SSSR count). The van der Waals surface area contributed by atoms with Crippen molar-refractivity contribution in [2.24, 2.45) is 0 Å². The summed E-state index contributed by atoms with van der Waals surface area (Å²) in [6, 6.07) is 0. The Morgan fingerprint density at radius 2 is 1.83 bits per heavy atom. The van der Waals surface area contributed by atoms with Gasteiger partial charge in [-0.1, -0.05) is 39.0 Å². The topological polar surface area (TPSA) is 49.8 Å². The number of unbranched alkanes of at least 4 members (excludes halogenated alkanes) is 5. The molecule has 1 unspecified atom stereocenters. The molecule has 0 aliphatic rings. The van der Waals surface area contributed by atoms with Gasteiger partial charge in [-0.2, -0.15) is 0 Å². The Kier molecular flexibility index (Phi) is 11.1. The predicted molar refractivity (Wildman–Crippen MR) is 73.5 cm³/mol. The van der Waals surface area contributed by atoms with Gasteiger partial charge in [0.25, 0.3) is 0 Å². The number of ether oxygens (including phenoxy) is 1. The second kappa shape index (κ2) is 11.5. The molecule has 18 heavy (non-hydrogen) atoms. The van der Waals surface area contributed by atoms with Gasteiger partial charge in [-0.15, -0.1) is 0 Å². The van der Waals surface area contributed by atoms with Crippen molar-refractivity contribution in [3.63, 3.8) is 0 Å². The number of carbonyl (C=O) groups excluding carboxylic acids is 1. The lowest BCUT2D eigenvalue weighted by atomic mass is 10.1. The van der Waals surface area contributed by atoms with Crippen LogP contribution in [0.1, 0.15) is 51.9 Å². The zero-order chi connectivity index (χ0) is 13.8. The Bertz CT molecular complexity index is 209. The third kappa shape index (κ3) is 9.42. The minimum Gasteiger partial charge on any atom is -0.389 e. The van der Waals surface area contributed by atoms with Crippen LogP contribution in [-0.4, -0.2) is 49.3 Å². The number of nitrogens with zero attached hydrogens (tertiary/aromatic N) is 1. The van der Waals surface area contributed by atoms with Crippen LogP contribution in [0.5, 0.6) is 0 Å². The van der Waals surface area contributed by atoms with Gasteiger partial charge in [0.15, 0.2) is 0 Å². The van der Waals surface area contributed by atoms with Gasteiger partial charge >= 0.3 is 0 Å². The number of aliphatic hydroxyl groups excluding tert-OH is 1. The zero-order valence-corrected chi connectivity index (χ0v) is 12.2. The molecule has 0 aromatic rings. The van der Waals surface area contributed by atoms with Crippen LogP contribution in [0.2, 0.25) is 0 Å². The smallest absolute Gasteiger partial charge is 0.222 e. The molecule has 4 heteroatoms. The normalized spacial score (nSPS) is 12.4. The van der Waals surface area contributed by atoms with Gasteiger partial charge in [0.1, 0.15) is 0 Å². The Labute approximate surface area is 111 Å². The van der Waals surface area contributed by atoms with Crippen LogP contribution in [0.15, 0.2) is 0 Å². The van der Waals surface area contributed by atoms with E-state index in [0.29, 0.717) is 13.0 Å². The first-order valence-corrected chi connectivity index (χ1v) is 7.02. The number of methoxy groups -OCH3 is 1. The fourth-order valence-corrected chi connectivity index (χ4v) is 1.91. The number of rotatable bonds is 11. The molecule has 0 fully saturated rings. The van der Waals surface area contributed by atoms with Crippen molar-refractivity contribution >= 4 is 5.91 Å². The van der Waals surface area contributed by atoms with Crippen molar-refractivity contribution in [3.8, 4) is 0 Å². The summed E-state index contributed by atoms with van der Waals surface area (Å²) in [5.74, 6) is 0.112. The van der Waals surface area contributed by atoms with E-state index in [-0.39, 0.29) is 12.5 Å². The molecule has 0 saturated heterocycles. The van der Waals surface area contributed by atoms with Crippen LogP contribution in [0.4, 0.5) is 0 Å². The van der Waals surface area contributed by atoms with Crippen LogP contribution >= 0.6 is 0 Å². The first-order chi connectivity index (χ1) is 8.61. The molecule has 108 valence electrons. The van der Waals surface area contributed by atoms with Crippen LogP contribution in [0, 0.1) is 0 Å². The van der Waals surface area contributed by atoms with Gasteiger partial charge < -0.3 is 14.7 Å². The highest BCUT2D eigenvalue weighted by Gasteiger charge is 2.12. The van der Waals surface area contributed by atoms with E-state index < -0.39 is 6.10 Å². The monoisotopic (exact) mass is 259 g/mol. The average Bonchev–Trinajstić information content (AvgIpc) is 2.33.